The Bertz CT molecular complexity index is 664. The zero-order valence-electron chi connectivity index (χ0n) is 10.2. The Morgan fingerprint density at radius 2 is 2.05 bits per heavy atom. The molecule has 0 aliphatic heterocycles. The quantitative estimate of drug-likeness (QED) is 0.623. The monoisotopic (exact) mass is 465 g/mol. The summed E-state index contributed by atoms with van der Waals surface area (Å²) in [6.45, 7) is 0.556. The number of nitrogens with one attached hydrogen (secondary N) is 1. The molecule has 20 heavy (non-hydrogen) atoms. The van der Waals surface area contributed by atoms with Crippen LogP contribution in [0.5, 0.6) is 0 Å². The van der Waals surface area contributed by atoms with Gasteiger partial charge in [-0.15, -0.1) is 0 Å². The molecule has 0 atom stereocenters. The minimum Gasteiger partial charge on any atom is -0.478 e. The van der Waals surface area contributed by atoms with Crippen molar-refractivity contribution in [2.75, 3.05) is 5.32 Å². The zero-order valence-corrected chi connectivity index (χ0v) is 14.7. The van der Waals surface area contributed by atoms with E-state index in [9.17, 15) is 4.79 Å². The number of carboxylic acid groups (broad SMARTS) is 1. The fraction of sp³-hybridized carbons (Fsp3) is 0.0714. The van der Waals surface area contributed by atoms with Crippen molar-refractivity contribution in [1.82, 2.24) is 0 Å². The first kappa shape index (κ1) is 15.6. The number of halogens is 3. The van der Waals surface area contributed by atoms with Gasteiger partial charge < -0.3 is 10.4 Å². The lowest BCUT2D eigenvalue weighted by atomic mass is 10.1. The third-order valence-electron chi connectivity index (χ3n) is 2.70. The molecule has 2 aromatic carbocycles. The topological polar surface area (TPSA) is 49.3 Å². The van der Waals surface area contributed by atoms with Crippen LogP contribution in [0.4, 0.5) is 5.69 Å². The average Bonchev–Trinajstić information content (AvgIpc) is 2.38. The Kier molecular flexibility index (Phi) is 5.29. The standard InChI is InChI=1S/C14H10BrClINO2/c15-11-5-8(14(19)20)1-2-9(11)7-18-13-4-3-10(17)6-12(13)16/h1-6,18H,7H2,(H,19,20). The van der Waals surface area contributed by atoms with Gasteiger partial charge in [0.1, 0.15) is 0 Å². The van der Waals surface area contributed by atoms with E-state index in [1.165, 1.54) is 0 Å². The lowest BCUT2D eigenvalue weighted by molar-refractivity contribution is 0.0697. The predicted octanol–water partition coefficient (Wildman–Crippen LogP) is 5.02. The van der Waals surface area contributed by atoms with Crippen molar-refractivity contribution < 1.29 is 9.90 Å². The molecule has 0 saturated carbocycles. The summed E-state index contributed by atoms with van der Waals surface area (Å²) in [5, 5.41) is 12.8. The third kappa shape index (κ3) is 3.86. The second kappa shape index (κ2) is 6.78. The highest BCUT2D eigenvalue weighted by atomic mass is 127. The molecule has 0 amide bonds. The Hall–Kier alpha value is -0.790. The van der Waals surface area contributed by atoms with Gasteiger partial charge in [0.2, 0.25) is 0 Å². The number of rotatable bonds is 4. The molecule has 0 radical (unpaired) electrons. The molecule has 2 aromatic rings. The van der Waals surface area contributed by atoms with Gasteiger partial charge in [-0.3, -0.25) is 0 Å². The summed E-state index contributed by atoms with van der Waals surface area (Å²) < 4.78 is 1.83. The lowest BCUT2D eigenvalue weighted by Crippen LogP contribution is -2.03. The van der Waals surface area contributed by atoms with Gasteiger partial charge in [0.05, 0.1) is 16.3 Å². The SMILES string of the molecule is O=C(O)c1ccc(CNc2ccc(I)cc2Cl)c(Br)c1. The molecule has 0 aliphatic rings. The van der Waals surface area contributed by atoms with Crippen LogP contribution in [-0.2, 0) is 6.54 Å². The number of anilines is 1. The van der Waals surface area contributed by atoms with Gasteiger partial charge in [0.15, 0.2) is 0 Å². The van der Waals surface area contributed by atoms with E-state index >= 15 is 0 Å². The van der Waals surface area contributed by atoms with E-state index in [-0.39, 0.29) is 5.56 Å². The highest BCUT2D eigenvalue weighted by Crippen LogP contribution is 2.26. The number of benzene rings is 2. The Balaban J connectivity index is 2.13. The molecule has 0 unspecified atom stereocenters. The largest absolute Gasteiger partial charge is 0.478 e. The van der Waals surface area contributed by atoms with Gasteiger partial charge in [-0.25, -0.2) is 4.79 Å². The first-order valence-corrected chi connectivity index (χ1v) is 7.93. The zero-order chi connectivity index (χ0) is 14.7. The smallest absolute Gasteiger partial charge is 0.335 e. The Morgan fingerprint density at radius 3 is 2.65 bits per heavy atom. The number of hydrogen-bond acceptors (Lipinski definition) is 2. The maximum Gasteiger partial charge on any atom is 0.335 e. The second-order valence-electron chi connectivity index (χ2n) is 4.09. The lowest BCUT2D eigenvalue weighted by Gasteiger charge is -2.10. The van der Waals surface area contributed by atoms with Crippen molar-refractivity contribution in [2.45, 2.75) is 6.54 Å². The highest BCUT2D eigenvalue weighted by molar-refractivity contribution is 14.1. The first-order chi connectivity index (χ1) is 9.47. The molecule has 2 rings (SSSR count). The third-order valence-corrected chi connectivity index (χ3v) is 4.42. The van der Waals surface area contributed by atoms with Crippen LogP contribution < -0.4 is 5.32 Å². The van der Waals surface area contributed by atoms with Crippen LogP contribution in [0.3, 0.4) is 0 Å². The molecule has 0 saturated heterocycles. The van der Waals surface area contributed by atoms with Crippen molar-refractivity contribution >= 4 is 61.8 Å². The van der Waals surface area contributed by atoms with Gasteiger partial charge in [0, 0.05) is 14.6 Å². The number of carboxylic acids is 1. The predicted molar refractivity (Wildman–Crippen MR) is 92.6 cm³/mol. The van der Waals surface area contributed by atoms with Crippen LogP contribution in [0.2, 0.25) is 5.02 Å². The summed E-state index contributed by atoms with van der Waals surface area (Å²) in [6.07, 6.45) is 0. The molecular weight excluding hydrogens is 456 g/mol. The van der Waals surface area contributed by atoms with Crippen LogP contribution in [0.1, 0.15) is 15.9 Å². The van der Waals surface area contributed by atoms with Crippen LogP contribution >= 0.6 is 50.1 Å². The molecular formula is C14H10BrClINO2. The minimum absolute atomic E-state index is 0.257. The van der Waals surface area contributed by atoms with E-state index < -0.39 is 5.97 Å². The average molecular weight is 467 g/mol. The Labute approximate surface area is 143 Å². The van der Waals surface area contributed by atoms with Crippen molar-refractivity contribution in [3.8, 4) is 0 Å². The molecule has 0 bridgehead atoms. The molecule has 3 nitrogen and oxygen atoms in total. The van der Waals surface area contributed by atoms with Crippen molar-refractivity contribution in [3.63, 3.8) is 0 Å². The maximum absolute atomic E-state index is 10.9. The molecule has 6 heteroatoms. The minimum atomic E-state index is -0.939. The summed E-state index contributed by atoms with van der Waals surface area (Å²) in [5.41, 5.74) is 2.07. The maximum atomic E-state index is 10.9. The van der Waals surface area contributed by atoms with E-state index in [0.717, 1.165) is 19.3 Å². The van der Waals surface area contributed by atoms with Crippen LogP contribution in [0, 0.1) is 3.57 Å². The normalized spacial score (nSPS) is 10.3. The van der Waals surface area contributed by atoms with Crippen molar-refractivity contribution in [2.24, 2.45) is 0 Å². The molecule has 0 aliphatic carbocycles. The summed E-state index contributed by atoms with van der Waals surface area (Å²) in [7, 11) is 0. The van der Waals surface area contributed by atoms with E-state index in [1.807, 2.05) is 18.2 Å². The molecule has 2 N–H and O–H groups in total. The second-order valence-corrected chi connectivity index (χ2v) is 6.60. The molecule has 104 valence electrons. The highest BCUT2D eigenvalue weighted by Gasteiger charge is 2.07. The first-order valence-electron chi connectivity index (χ1n) is 5.68. The number of hydrogen-bond donors (Lipinski definition) is 2. The van der Waals surface area contributed by atoms with Crippen LogP contribution in [-0.4, -0.2) is 11.1 Å². The van der Waals surface area contributed by atoms with Gasteiger partial charge in [-0.05, 0) is 58.5 Å². The van der Waals surface area contributed by atoms with E-state index in [2.05, 4.69) is 43.8 Å². The molecule has 0 aromatic heterocycles. The summed E-state index contributed by atoms with van der Waals surface area (Å²) in [5.74, 6) is -0.939. The molecule has 0 fully saturated rings. The Morgan fingerprint density at radius 1 is 1.30 bits per heavy atom. The number of carbonyl (C=O) groups is 1. The fourth-order valence-corrected chi connectivity index (χ4v) is 3.09. The van der Waals surface area contributed by atoms with Crippen LogP contribution in [0.15, 0.2) is 40.9 Å². The number of aromatic carboxylic acids is 1. The van der Waals surface area contributed by atoms with Gasteiger partial charge in [-0.2, -0.15) is 0 Å². The van der Waals surface area contributed by atoms with Gasteiger partial charge in [-0.1, -0.05) is 33.6 Å². The molecule has 0 spiro atoms. The summed E-state index contributed by atoms with van der Waals surface area (Å²) in [4.78, 5) is 10.9. The van der Waals surface area contributed by atoms with Crippen molar-refractivity contribution in [3.05, 3.63) is 60.6 Å². The fourth-order valence-electron chi connectivity index (χ4n) is 1.65. The van der Waals surface area contributed by atoms with E-state index in [1.54, 1.807) is 18.2 Å². The van der Waals surface area contributed by atoms with E-state index in [0.29, 0.717) is 11.6 Å². The van der Waals surface area contributed by atoms with Gasteiger partial charge >= 0.3 is 5.97 Å². The molecule has 0 heterocycles. The van der Waals surface area contributed by atoms with Crippen molar-refractivity contribution in [1.29, 1.82) is 0 Å². The summed E-state index contributed by atoms with van der Waals surface area (Å²) >= 11 is 11.7. The van der Waals surface area contributed by atoms with Crippen LogP contribution in [0.25, 0.3) is 0 Å². The van der Waals surface area contributed by atoms with E-state index in [4.69, 9.17) is 16.7 Å². The van der Waals surface area contributed by atoms with Gasteiger partial charge in [0.25, 0.3) is 0 Å². The summed E-state index contributed by atoms with van der Waals surface area (Å²) in [6, 6.07) is 10.7.